The fraction of sp³-hybridized carbons (Fsp3) is 0.571. The van der Waals surface area contributed by atoms with Gasteiger partial charge in [0.25, 0.3) is 0 Å². The highest BCUT2D eigenvalue weighted by atomic mass is 28.3. The van der Waals surface area contributed by atoms with Crippen LogP contribution in [0.25, 0.3) is 11.1 Å². The Morgan fingerprint density at radius 1 is 0.812 bits per heavy atom. The van der Waals surface area contributed by atoms with E-state index in [9.17, 15) is 8.78 Å². The molecule has 2 fully saturated rings. The third-order valence-corrected chi connectivity index (χ3v) is 11.8. The lowest BCUT2D eigenvalue weighted by atomic mass is 9.72. The van der Waals surface area contributed by atoms with Crippen molar-refractivity contribution in [3.63, 3.8) is 0 Å². The lowest BCUT2D eigenvalue weighted by Gasteiger charge is -2.37. The normalized spacial score (nSPS) is 26.1. The van der Waals surface area contributed by atoms with Crippen LogP contribution in [0.3, 0.4) is 0 Å². The predicted molar refractivity (Wildman–Crippen MR) is 132 cm³/mol. The van der Waals surface area contributed by atoms with Crippen LogP contribution in [0.4, 0.5) is 8.78 Å². The minimum atomic E-state index is -0.904. The van der Waals surface area contributed by atoms with Gasteiger partial charge in [-0.3, -0.25) is 0 Å². The fourth-order valence-electron chi connectivity index (χ4n) is 6.24. The number of hydrogen-bond donors (Lipinski definition) is 0. The lowest BCUT2D eigenvalue weighted by Crippen LogP contribution is -2.28. The van der Waals surface area contributed by atoms with Gasteiger partial charge in [-0.1, -0.05) is 68.6 Å². The molecule has 1 saturated carbocycles. The summed E-state index contributed by atoms with van der Waals surface area (Å²) in [5.74, 6) is 0.759. The second-order valence-electron chi connectivity index (χ2n) is 9.98. The molecule has 1 saturated heterocycles. The molecule has 0 N–H and O–H groups in total. The minimum Gasteiger partial charge on any atom is -0.491 e. The van der Waals surface area contributed by atoms with Crippen LogP contribution in [0.15, 0.2) is 36.4 Å². The topological polar surface area (TPSA) is 9.23 Å². The zero-order chi connectivity index (χ0) is 22.5. The molecule has 0 amide bonds. The maximum atomic E-state index is 14.6. The fourth-order valence-corrected chi connectivity index (χ4v) is 9.72. The Morgan fingerprint density at radius 3 is 2.09 bits per heavy atom. The van der Waals surface area contributed by atoms with Gasteiger partial charge >= 0.3 is 0 Å². The quantitative estimate of drug-likeness (QED) is 0.380. The summed E-state index contributed by atoms with van der Waals surface area (Å²) >= 11 is 0. The predicted octanol–water partition coefficient (Wildman–Crippen LogP) is 8.35. The van der Waals surface area contributed by atoms with Crippen molar-refractivity contribution in [1.29, 1.82) is 0 Å². The molecule has 1 aliphatic carbocycles. The molecule has 0 bridgehead atoms. The average molecular weight is 457 g/mol. The van der Waals surface area contributed by atoms with Crippen LogP contribution in [0.1, 0.15) is 70.3 Å². The molecule has 2 aromatic carbocycles. The van der Waals surface area contributed by atoms with Crippen molar-refractivity contribution in [2.75, 3.05) is 6.61 Å². The van der Waals surface area contributed by atoms with Crippen molar-refractivity contribution in [2.24, 2.45) is 11.8 Å². The summed E-state index contributed by atoms with van der Waals surface area (Å²) in [6.07, 6.45) is 9.65. The van der Waals surface area contributed by atoms with E-state index < -0.39 is 11.6 Å². The van der Waals surface area contributed by atoms with E-state index >= 15 is 0 Å². The van der Waals surface area contributed by atoms with Crippen LogP contribution in [0.2, 0.25) is 18.1 Å². The molecule has 0 atom stereocenters. The number of halogens is 2. The van der Waals surface area contributed by atoms with Crippen LogP contribution in [0, 0.1) is 23.5 Å². The van der Waals surface area contributed by atoms with Crippen molar-refractivity contribution in [2.45, 2.75) is 82.8 Å². The summed E-state index contributed by atoms with van der Waals surface area (Å²) in [4.78, 5) is 0. The highest BCUT2D eigenvalue weighted by Gasteiger charge is 2.31. The zero-order valence-corrected chi connectivity index (χ0v) is 20.9. The molecule has 2 aliphatic rings. The van der Waals surface area contributed by atoms with Crippen molar-refractivity contribution >= 4 is 8.80 Å². The molecule has 1 heterocycles. The van der Waals surface area contributed by atoms with Gasteiger partial charge < -0.3 is 4.74 Å². The smallest absolute Gasteiger partial charge is 0.201 e. The van der Waals surface area contributed by atoms with E-state index in [1.54, 1.807) is 31.1 Å². The van der Waals surface area contributed by atoms with Gasteiger partial charge in [-0.15, -0.1) is 0 Å². The molecule has 4 heteroatoms. The first-order valence-corrected chi connectivity index (χ1v) is 15.3. The summed E-state index contributed by atoms with van der Waals surface area (Å²) in [6, 6.07) is 16.0. The SMILES string of the molecule is CCC[Si@H]1CC[C@H]([C@H]2CC[C@H](c3ccc(-c4ccc(OCC)c(F)c4F)cc3)CC2)CC1. The number of benzene rings is 2. The molecule has 4 rings (SSSR count). The van der Waals surface area contributed by atoms with E-state index in [1.807, 2.05) is 12.1 Å². The van der Waals surface area contributed by atoms with Crippen LogP contribution in [-0.2, 0) is 0 Å². The van der Waals surface area contributed by atoms with E-state index in [1.165, 1.54) is 56.6 Å². The third-order valence-electron chi connectivity index (χ3n) is 8.07. The highest BCUT2D eigenvalue weighted by Crippen LogP contribution is 2.44. The monoisotopic (exact) mass is 456 g/mol. The van der Waals surface area contributed by atoms with Gasteiger partial charge in [0.15, 0.2) is 11.6 Å². The first-order chi connectivity index (χ1) is 15.6. The van der Waals surface area contributed by atoms with Crippen LogP contribution >= 0.6 is 0 Å². The zero-order valence-electron chi connectivity index (χ0n) is 19.7. The van der Waals surface area contributed by atoms with E-state index in [-0.39, 0.29) is 14.5 Å². The van der Waals surface area contributed by atoms with Crippen molar-refractivity contribution in [3.8, 4) is 16.9 Å². The maximum Gasteiger partial charge on any atom is 0.201 e. The Labute approximate surface area is 194 Å². The van der Waals surface area contributed by atoms with Gasteiger partial charge in [-0.2, -0.15) is 4.39 Å². The number of rotatable bonds is 7. The number of hydrogen-bond acceptors (Lipinski definition) is 1. The van der Waals surface area contributed by atoms with Crippen molar-refractivity contribution < 1.29 is 13.5 Å². The van der Waals surface area contributed by atoms with E-state index in [2.05, 4.69) is 19.1 Å². The Morgan fingerprint density at radius 2 is 1.47 bits per heavy atom. The number of ether oxygens (including phenoxy) is 1. The first-order valence-electron chi connectivity index (χ1n) is 12.8. The molecule has 2 aromatic rings. The average Bonchev–Trinajstić information content (AvgIpc) is 2.83. The molecule has 1 aliphatic heterocycles. The Hall–Kier alpha value is -1.68. The van der Waals surface area contributed by atoms with Crippen LogP contribution < -0.4 is 4.74 Å². The summed E-state index contributed by atoms with van der Waals surface area (Å²) in [5, 5.41) is 0. The minimum absolute atomic E-state index is 0.0247. The standard InChI is InChI=1S/C28H38F2OSi/c1-3-17-32-18-15-23(16-19-32)22-7-5-20(6-8-22)21-9-11-24(12-10-21)25-13-14-26(31-4-2)28(30)27(25)29/h9-14,20,22-23,32H,3-8,15-19H2,1-2H3/t20-,22-,23-,32-. The second kappa shape index (κ2) is 11.0. The molecule has 174 valence electrons. The summed E-state index contributed by atoms with van der Waals surface area (Å²) < 4.78 is 34.0. The van der Waals surface area contributed by atoms with Crippen LogP contribution in [-0.4, -0.2) is 15.4 Å². The molecule has 0 unspecified atom stereocenters. The van der Waals surface area contributed by atoms with Crippen molar-refractivity contribution in [1.82, 2.24) is 0 Å². The van der Waals surface area contributed by atoms with Gasteiger partial charge in [0.05, 0.1) is 6.61 Å². The Bertz CT molecular complexity index is 866. The highest BCUT2D eigenvalue weighted by molar-refractivity contribution is 6.58. The molecule has 0 spiro atoms. The molecule has 0 aromatic heterocycles. The summed E-state index contributed by atoms with van der Waals surface area (Å²) in [6.45, 7) is 4.42. The van der Waals surface area contributed by atoms with Gasteiger partial charge in [0.1, 0.15) is 0 Å². The molecule has 32 heavy (non-hydrogen) atoms. The summed E-state index contributed by atoms with van der Waals surface area (Å²) in [7, 11) is -0.382. The van der Waals surface area contributed by atoms with Crippen LogP contribution in [0.5, 0.6) is 5.75 Å². The van der Waals surface area contributed by atoms with E-state index in [4.69, 9.17) is 4.74 Å². The van der Waals surface area contributed by atoms with Gasteiger partial charge in [0.2, 0.25) is 5.82 Å². The van der Waals surface area contributed by atoms with Gasteiger partial charge in [0, 0.05) is 14.4 Å². The Kier molecular flexibility index (Phi) is 8.04. The Balaban J connectivity index is 1.34. The van der Waals surface area contributed by atoms with Gasteiger partial charge in [-0.05, 0) is 73.6 Å². The van der Waals surface area contributed by atoms with Gasteiger partial charge in [-0.25, -0.2) is 4.39 Å². The first kappa shape index (κ1) is 23.5. The van der Waals surface area contributed by atoms with Crippen molar-refractivity contribution in [3.05, 3.63) is 53.6 Å². The van der Waals surface area contributed by atoms with E-state index in [0.29, 0.717) is 18.1 Å². The molecule has 1 nitrogen and oxygen atoms in total. The molecule has 0 radical (unpaired) electrons. The second-order valence-corrected chi connectivity index (χ2v) is 13.4. The largest absolute Gasteiger partial charge is 0.491 e. The lowest BCUT2D eigenvalue weighted by molar-refractivity contribution is 0.216. The molecular formula is C28H38F2OSi. The summed E-state index contributed by atoms with van der Waals surface area (Å²) in [5.41, 5.74) is 2.36. The molecular weight excluding hydrogens is 418 g/mol. The van der Waals surface area contributed by atoms with E-state index in [0.717, 1.165) is 17.4 Å². The third kappa shape index (κ3) is 5.27. The maximum absolute atomic E-state index is 14.6.